The Balaban J connectivity index is 1.58. The Labute approximate surface area is 169 Å². The molecule has 28 heavy (non-hydrogen) atoms. The van der Waals surface area contributed by atoms with E-state index in [1.807, 2.05) is 25.1 Å². The Morgan fingerprint density at radius 1 is 1.07 bits per heavy atom. The van der Waals surface area contributed by atoms with Crippen molar-refractivity contribution in [3.8, 4) is 0 Å². The van der Waals surface area contributed by atoms with Gasteiger partial charge in [0.15, 0.2) is 5.78 Å². The number of halogens is 1. The highest BCUT2D eigenvalue weighted by Crippen LogP contribution is 2.22. The van der Waals surface area contributed by atoms with Crippen molar-refractivity contribution >= 4 is 34.9 Å². The number of ketones is 1. The van der Waals surface area contributed by atoms with Crippen LogP contribution < -0.4 is 5.32 Å². The van der Waals surface area contributed by atoms with Gasteiger partial charge < -0.3 is 10.2 Å². The Morgan fingerprint density at radius 3 is 2.50 bits per heavy atom. The van der Waals surface area contributed by atoms with Crippen LogP contribution in [0.5, 0.6) is 0 Å². The highest BCUT2D eigenvalue weighted by molar-refractivity contribution is 6.30. The molecule has 2 amide bonds. The van der Waals surface area contributed by atoms with Crippen LogP contribution in [0.25, 0.3) is 0 Å². The van der Waals surface area contributed by atoms with Crippen LogP contribution in [0.3, 0.4) is 0 Å². The number of benzene rings is 2. The normalized spacial score (nSPS) is 16.1. The summed E-state index contributed by atoms with van der Waals surface area (Å²) in [6.45, 7) is 2.42. The highest BCUT2D eigenvalue weighted by atomic mass is 35.5. The third kappa shape index (κ3) is 4.78. The molecule has 146 valence electrons. The van der Waals surface area contributed by atoms with Crippen LogP contribution in [-0.4, -0.2) is 35.1 Å². The number of nitrogens with zero attached hydrogens (tertiary/aromatic N) is 1. The van der Waals surface area contributed by atoms with Gasteiger partial charge in [0, 0.05) is 35.7 Å². The van der Waals surface area contributed by atoms with Crippen molar-refractivity contribution in [1.82, 2.24) is 4.90 Å². The molecular weight excluding hydrogens is 376 g/mol. The van der Waals surface area contributed by atoms with E-state index in [9.17, 15) is 14.4 Å². The molecule has 0 aliphatic carbocycles. The van der Waals surface area contributed by atoms with Crippen LogP contribution in [0.1, 0.15) is 41.6 Å². The minimum absolute atomic E-state index is 0.0483. The Kier molecular flexibility index (Phi) is 6.47. The molecule has 1 unspecified atom stereocenters. The number of amides is 2. The summed E-state index contributed by atoms with van der Waals surface area (Å²) < 4.78 is 0. The zero-order chi connectivity index (χ0) is 20.1. The molecule has 1 fully saturated rings. The fraction of sp³-hybridized carbons (Fsp3) is 0.318. The van der Waals surface area contributed by atoms with Crippen LogP contribution in [0.15, 0.2) is 48.5 Å². The van der Waals surface area contributed by atoms with E-state index in [1.165, 1.54) is 0 Å². The fourth-order valence-corrected chi connectivity index (χ4v) is 3.61. The topological polar surface area (TPSA) is 66.5 Å². The first-order valence-corrected chi connectivity index (χ1v) is 9.78. The molecule has 0 radical (unpaired) electrons. The molecular formula is C22H23ClN2O3. The number of likely N-dealkylation sites (tertiary alicyclic amines) is 1. The average Bonchev–Trinajstić information content (AvgIpc) is 3.18. The quantitative estimate of drug-likeness (QED) is 0.740. The molecule has 0 saturated carbocycles. The van der Waals surface area contributed by atoms with Crippen LogP contribution in [0.2, 0.25) is 5.02 Å². The van der Waals surface area contributed by atoms with Gasteiger partial charge in [-0.1, -0.05) is 35.9 Å². The zero-order valence-corrected chi connectivity index (χ0v) is 16.5. The molecule has 0 bridgehead atoms. The Hall–Kier alpha value is -2.66. The second-order valence-electron chi connectivity index (χ2n) is 6.98. The van der Waals surface area contributed by atoms with Crippen molar-refractivity contribution in [2.45, 2.75) is 38.6 Å². The van der Waals surface area contributed by atoms with E-state index >= 15 is 0 Å². The number of nitrogens with one attached hydrogen (secondary N) is 1. The van der Waals surface area contributed by atoms with Gasteiger partial charge in [-0.25, -0.2) is 0 Å². The Bertz CT molecular complexity index is 880. The van der Waals surface area contributed by atoms with Gasteiger partial charge >= 0.3 is 0 Å². The van der Waals surface area contributed by atoms with E-state index < -0.39 is 6.04 Å². The first-order chi connectivity index (χ1) is 13.5. The summed E-state index contributed by atoms with van der Waals surface area (Å²) in [6, 6.07) is 13.7. The molecule has 0 spiro atoms. The van der Waals surface area contributed by atoms with Crippen LogP contribution >= 0.6 is 11.6 Å². The van der Waals surface area contributed by atoms with Crippen LogP contribution in [-0.2, 0) is 9.59 Å². The summed E-state index contributed by atoms with van der Waals surface area (Å²) in [5.41, 5.74) is 2.19. The van der Waals surface area contributed by atoms with E-state index in [0.717, 1.165) is 12.0 Å². The van der Waals surface area contributed by atoms with Crippen LogP contribution in [0, 0.1) is 6.92 Å². The second kappa shape index (κ2) is 9.02. The first kappa shape index (κ1) is 20.1. The van der Waals surface area contributed by atoms with E-state index in [0.29, 0.717) is 29.2 Å². The third-order valence-electron chi connectivity index (χ3n) is 5.00. The van der Waals surface area contributed by atoms with Gasteiger partial charge in [0.2, 0.25) is 11.8 Å². The summed E-state index contributed by atoms with van der Waals surface area (Å²) in [5.74, 6) is -0.415. The average molecular weight is 399 g/mol. The molecule has 1 N–H and O–H groups in total. The maximum atomic E-state index is 12.7. The van der Waals surface area contributed by atoms with Crippen molar-refractivity contribution in [1.29, 1.82) is 0 Å². The molecule has 1 atom stereocenters. The molecule has 6 heteroatoms. The lowest BCUT2D eigenvalue weighted by Crippen LogP contribution is -2.43. The zero-order valence-electron chi connectivity index (χ0n) is 15.8. The predicted octanol–water partition coefficient (Wildman–Crippen LogP) is 4.24. The SMILES string of the molecule is Cc1ccccc1C(=O)CCC(=O)N1CCCC1C(=O)Nc1ccc(Cl)cc1. The number of carbonyl (C=O) groups is 3. The van der Waals surface area contributed by atoms with Crippen molar-refractivity contribution in [2.24, 2.45) is 0 Å². The number of Topliss-reactive ketones (excluding diaryl/α,β-unsaturated/α-hetero) is 1. The molecule has 2 aromatic carbocycles. The van der Waals surface area contributed by atoms with E-state index in [4.69, 9.17) is 11.6 Å². The summed E-state index contributed by atoms with van der Waals surface area (Å²) >= 11 is 5.86. The number of hydrogen-bond donors (Lipinski definition) is 1. The lowest BCUT2D eigenvalue weighted by atomic mass is 10.0. The number of anilines is 1. The summed E-state index contributed by atoms with van der Waals surface area (Å²) in [7, 11) is 0. The molecule has 1 aliphatic heterocycles. The van der Waals surface area contributed by atoms with Crippen molar-refractivity contribution < 1.29 is 14.4 Å². The number of carbonyl (C=O) groups excluding carboxylic acids is 3. The molecule has 5 nitrogen and oxygen atoms in total. The molecule has 0 aromatic heterocycles. The molecule has 3 rings (SSSR count). The van der Waals surface area contributed by atoms with Gasteiger partial charge in [-0.05, 0) is 49.6 Å². The minimum Gasteiger partial charge on any atom is -0.331 e. The first-order valence-electron chi connectivity index (χ1n) is 9.40. The molecule has 2 aromatic rings. The molecule has 1 heterocycles. The van der Waals surface area contributed by atoms with Crippen molar-refractivity contribution in [3.63, 3.8) is 0 Å². The maximum absolute atomic E-state index is 12.7. The number of aryl methyl sites for hydroxylation is 1. The van der Waals surface area contributed by atoms with Crippen LogP contribution in [0.4, 0.5) is 5.69 Å². The van der Waals surface area contributed by atoms with Gasteiger partial charge in [0.05, 0.1) is 0 Å². The summed E-state index contributed by atoms with van der Waals surface area (Å²) in [6.07, 6.45) is 1.65. The number of rotatable bonds is 6. The monoisotopic (exact) mass is 398 g/mol. The highest BCUT2D eigenvalue weighted by Gasteiger charge is 2.34. The maximum Gasteiger partial charge on any atom is 0.247 e. The Morgan fingerprint density at radius 2 is 1.79 bits per heavy atom. The number of hydrogen-bond acceptors (Lipinski definition) is 3. The summed E-state index contributed by atoms with van der Waals surface area (Å²) in [5, 5.41) is 3.43. The second-order valence-corrected chi connectivity index (χ2v) is 7.42. The van der Waals surface area contributed by atoms with E-state index in [1.54, 1.807) is 35.2 Å². The van der Waals surface area contributed by atoms with E-state index in [-0.39, 0.29) is 30.4 Å². The third-order valence-corrected chi connectivity index (χ3v) is 5.25. The van der Waals surface area contributed by atoms with Gasteiger partial charge in [-0.2, -0.15) is 0 Å². The smallest absolute Gasteiger partial charge is 0.247 e. The van der Waals surface area contributed by atoms with Gasteiger partial charge in [-0.3, -0.25) is 14.4 Å². The summed E-state index contributed by atoms with van der Waals surface area (Å²) in [4.78, 5) is 39.3. The van der Waals surface area contributed by atoms with E-state index in [2.05, 4.69) is 5.32 Å². The standard InChI is InChI=1S/C22H23ClN2O3/c1-15-5-2-3-6-18(15)20(26)12-13-21(27)25-14-4-7-19(25)22(28)24-17-10-8-16(23)9-11-17/h2-3,5-6,8-11,19H,4,7,12-14H2,1H3,(H,24,28). The molecule has 1 aliphatic rings. The minimum atomic E-state index is -0.503. The van der Waals surface area contributed by atoms with Gasteiger partial charge in [0.25, 0.3) is 0 Å². The lowest BCUT2D eigenvalue weighted by Gasteiger charge is -2.24. The van der Waals surface area contributed by atoms with Crippen molar-refractivity contribution in [2.75, 3.05) is 11.9 Å². The fourth-order valence-electron chi connectivity index (χ4n) is 3.48. The van der Waals surface area contributed by atoms with Crippen molar-refractivity contribution in [3.05, 3.63) is 64.7 Å². The predicted molar refractivity (Wildman–Crippen MR) is 110 cm³/mol. The van der Waals surface area contributed by atoms with Gasteiger partial charge in [-0.15, -0.1) is 0 Å². The largest absolute Gasteiger partial charge is 0.331 e. The van der Waals surface area contributed by atoms with Gasteiger partial charge in [0.1, 0.15) is 6.04 Å². The molecule has 1 saturated heterocycles. The lowest BCUT2D eigenvalue weighted by molar-refractivity contribution is -0.136.